The smallest absolute Gasteiger partial charge is 0.233 e. The van der Waals surface area contributed by atoms with Crippen LogP contribution in [0.1, 0.15) is 38.2 Å². The number of amides is 1. The van der Waals surface area contributed by atoms with Crippen LogP contribution in [0.15, 0.2) is 29.4 Å². The van der Waals surface area contributed by atoms with E-state index in [0.717, 1.165) is 42.8 Å². The number of carbonyl (C=O) groups is 1. The summed E-state index contributed by atoms with van der Waals surface area (Å²) in [5.74, 6) is 0.0785. The zero-order valence-electron chi connectivity index (χ0n) is 14.6. The molecule has 1 unspecified atom stereocenters. The fourth-order valence-electron chi connectivity index (χ4n) is 2.80. The molecule has 24 heavy (non-hydrogen) atoms. The molecule has 1 atom stereocenters. The lowest BCUT2D eigenvalue weighted by Crippen LogP contribution is -2.39. The van der Waals surface area contributed by atoms with E-state index in [1.54, 1.807) is 7.11 Å². The van der Waals surface area contributed by atoms with E-state index >= 15 is 0 Å². The molecule has 0 saturated carbocycles. The van der Waals surface area contributed by atoms with Gasteiger partial charge in [0.1, 0.15) is 0 Å². The fourth-order valence-corrected chi connectivity index (χ4v) is 2.80. The summed E-state index contributed by atoms with van der Waals surface area (Å²) in [5.41, 5.74) is 11.5. The summed E-state index contributed by atoms with van der Waals surface area (Å²) in [6.45, 7) is 4.07. The minimum Gasteiger partial charge on any atom is -0.385 e. The van der Waals surface area contributed by atoms with Crippen molar-refractivity contribution in [3.8, 4) is 0 Å². The van der Waals surface area contributed by atoms with E-state index in [2.05, 4.69) is 17.5 Å². The molecular weight excluding hydrogens is 304 g/mol. The number of hydrogen-bond donors (Lipinski definition) is 2. The Kier molecular flexibility index (Phi) is 7.21. The molecule has 1 aromatic rings. The molecule has 0 radical (unpaired) electrons. The number of anilines is 1. The van der Waals surface area contributed by atoms with Crippen molar-refractivity contribution >= 4 is 17.3 Å². The van der Waals surface area contributed by atoms with Gasteiger partial charge < -0.3 is 20.8 Å². The number of hydrogen-bond acceptors (Lipinski definition) is 5. The van der Waals surface area contributed by atoms with Gasteiger partial charge in [-0.2, -0.15) is 5.10 Å². The SMILES string of the molecule is COCCCC(C)N/N=C1\CC(=O)N(CCCN)c2ccccc21. The third kappa shape index (κ3) is 4.79. The van der Waals surface area contributed by atoms with Crippen LogP contribution in [0.3, 0.4) is 0 Å². The van der Waals surface area contributed by atoms with Crippen LogP contribution in [0.5, 0.6) is 0 Å². The van der Waals surface area contributed by atoms with Gasteiger partial charge in [-0.05, 0) is 38.8 Å². The van der Waals surface area contributed by atoms with Crippen LogP contribution in [0.4, 0.5) is 5.69 Å². The van der Waals surface area contributed by atoms with Gasteiger partial charge in [-0.1, -0.05) is 18.2 Å². The summed E-state index contributed by atoms with van der Waals surface area (Å²) in [5, 5.41) is 4.52. The molecule has 0 aliphatic carbocycles. The van der Waals surface area contributed by atoms with Crippen molar-refractivity contribution in [2.45, 2.75) is 38.6 Å². The number of ether oxygens (including phenoxy) is 1. The Labute approximate surface area is 144 Å². The first-order chi connectivity index (χ1) is 11.7. The number of nitrogens with two attached hydrogens (primary N) is 1. The maximum atomic E-state index is 12.5. The van der Waals surface area contributed by atoms with E-state index in [4.69, 9.17) is 10.5 Å². The van der Waals surface area contributed by atoms with E-state index in [1.165, 1.54) is 0 Å². The predicted molar refractivity (Wildman–Crippen MR) is 97.3 cm³/mol. The van der Waals surface area contributed by atoms with Crippen LogP contribution >= 0.6 is 0 Å². The van der Waals surface area contributed by atoms with Gasteiger partial charge in [-0.15, -0.1) is 0 Å². The van der Waals surface area contributed by atoms with Crippen LogP contribution in [0.2, 0.25) is 0 Å². The lowest BCUT2D eigenvalue weighted by atomic mass is 9.99. The first-order valence-corrected chi connectivity index (χ1v) is 8.58. The Balaban J connectivity index is 2.11. The van der Waals surface area contributed by atoms with Crippen molar-refractivity contribution in [1.82, 2.24) is 5.43 Å². The molecule has 1 aliphatic heterocycles. The van der Waals surface area contributed by atoms with Crippen molar-refractivity contribution in [3.05, 3.63) is 29.8 Å². The van der Waals surface area contributed by atoms with E-state index in [1.807, 2.05) is 29.2 Å². The van der Waals surface area contributed by atoms with Crippen LogP contribution in [-0.2, 0) is 9.53 Å². The fraction of sp³-hybridized carbons (Fsp3) is 0.556. The van der Waals surface area contributed by atoms with Crippen molar-refractivity contribution in [2.24, 2.45) is 10.8 Å². The number of para-hydroxylation sites is 1. The largest absolute Gasteiger partial charge is 0.385 e. The summed E-state index contributed by atoms with van der Waals surface area (Å²) >= 11 is 0. The summed E-state index contributed by atoms with van der Waals surface area (Å²) in [6, 6.07) is 8.16. The first kappa shape index (κ1) is 18.4. The third-order valence-corrected chi connectivity index (χ3v) is 4.12. The third-order valence-electron chi connectivity index (χ3n) is 4.12. The summed E-state index contributed by atoms with van der Waals surface area (Å²) in [7, 11) is 1.71. The molecule has 6 heteroatoms. The van der Waals surface area contributed by atoms with Gasteiger partial charge in [0.15, 0.2) is 0 Å². The number of nitrogens with one attached hydrogen (secondary N) is 1. The Bertz CT molecular complexity index is 574. The van der Waals surface area contributed by atoms with Gasteiger partial charge in [0.2, 0.25) is 5.91 Å². The van der Waals surface area contributed by atoms with E-state index in [9.17, 15) is 4.79 Å². The molecule has 2 rings (SSSR count). The summed E-state index contributed by atoms with van der Waals surface area (Å²) in [4.78, 5) is 14.3. The average Bonchev–Trinajstić information content (AvgIpc) is 2.59. The number of hydrazone groups is 1. The lowest BCUT2D eigenvalue weighted by Gasteiger charge is -2.30. The van der Waals surface area contributed by atoms with Crippen LogP contribution in [0, 0.1) is 0 Å². The second-order valence-corrected chi connectivity index (χ2v) is 6.11. The molecule has 0 aromatic heterocycles. The van der Waals surface area contributed by atoms with Crippen molar-refractivity contribution in [3.63, 3.8) is 0 Å². The Morgan fingerprint density at radius 3 is 2.92 bits per heavy atom. The molecule has 1 heterocycles. The molecule has 6 nitrogen and oxygen atoms in total. The maximum absolute atomic E-state index is 12.5. The highest BCUT2D eigenvalue weighted by Gasteiger charge is 2.27. The Hall–Kier alpha value is -1.92. The van der Waals surface area contributed by atoms with Gasteiger partial charge in [-0.3, -0.25) is 4.79 Å². The highest BCUT2D eigenvalue weighted by molar-refractivity contribution is 6.21. The highest BCUT2D eigenvalue weighted by Crippen LogP contribution is 2.28. The van der Waals surface area contributed by atoms with Crippen molar-refractivity contribution in [2.75, 3.05) is 31.7 Å². The minimum atomic E-state index is 0.0785. The second-order valence-electron chi connectivity index (χ2n) is 6.11. The van der Waals surface area contributed by atoms with Crippen LogP contribution in [0.25, 0.3) is 0 Å². The molecule has 0 spiro atoms. The zero-order valence-corrected chi connectivity index (χ0v) is 14.6. The normalized spacial score (nSPS) is 17.0. The molecule has 1 aromatic carbocycles. The number of rotatable bonds is 9. The molecule has 1 amide bonds. The first-order valence-electron chi connectivity index (χ1n) is 8.58. The van der Waals surface area contributed by atoms with Crippen LogP contribution in [-0.4, -0.2) is 44.5 Å². The molecule has 1 aliphatic rings. The van der Waals surface area contributed by atoms with Crippen molar-refractivity contribution < 1.29 is 9.53 Å². The summed E-state index contributed by atoms with van der Waals surface area (Å²) in [6.07, 6.45) is 3.07. The Morgan fingerprint density at radius 1 is 1.38 bits per heavy atom. The Morgan fingerprint density at radius 2 is 2.17 bits per heavy atom. The number of benzene rings is 1. The number of fused-ring (bicyclic) bond motifs is 1. The van der Waals surface area contributed by atoms with Crippen LogP contribution < -0.4 is 16.1 Å². The average molecular weight is 332 g/mol. The lowest BCUT2D eigenvalue weighted by molar-refractivity contribution is -0.117. The van der Waals surface area contributed by atoms with E-state index < -0.39 is 0 Å². The number of carbonyl (C=O) groups excluding carboxylic acids is 1. The van der Waals surface area contributed by atoms with Gasteiger partial charge >= 0.3 is 0 Å². The molecule has 3 N–H and O–H groups in total. The highest BCUT2D eigenvalue weighted by atomic mass is 16.5. The van der Waals surface area contributed by atoms with Gasteiger partial charge in [0.25, 0.3) is 0 Å². The quantitative estimate of drug-likeness (QED) is 0.534. The predicted octanol–water partition coefficient (Wildman–Crippen LogP) is 1.88. The molecule has 0 saturated heterocycles. The molecule has 0 fully saturated rings. The number of methoxy groups -OCH3 is 1. The topological polar surface area (TPSA) is 80.0 Å². The van der Waals surface area contributed by atoms with E-state index in [0.29, 0.717) is 19.5 Å². The van der Waals surface area contributed by atoms with Gasteiger partial charge in [-0.25, -0.2) is 0 Å². The van der Waals surface area contributed by atoms with Gasteiger partial charge in [0, 0.05) is 31.9 Å². The standard InChI is InChI=1S/C18H28N4O2/c1-14(7-5-12-24-2)20-21-16-13-18(23)22(11-6-10-19)17-9-4-3-8-15(16)17/h3-4,8-9,14,20H,5-7,10-13,19H2,1-2H3/b21-16+. The zero-order chi connectivity index (χ0) is 17.4. The van der Waals surface area contributed by atoms with Crippen molar-refractivity contribution in [1.29, 1.82) is 0 Å². The van der Waals surface area contributed by atoms with E-state index in [-0.39, 0.29) is 11.9 Å². The second kappa shape index (κ2) is 9.39. The number of nitrogens with zero attached hydrogens (tertiary/aromatic N) is 2. The monoisotopic (exact) mass is 332 g/mol. The van der Waals surface area contributed by atoms with Gasteiger partial charge in [0.05, 0.1) is 17.8 Å². The molecule has 0 bridgehead atoms. The molecular formula is C18H28N4O2. The summed E-state index contributed by atoms with van der Waals surface area (Å²) < 4.78 is 5.07. The minimum absolute atomic E-state index is 0.0785. The molecule has 132 valence electrons. The maximum Gasteiger partial charge on any atom is 0.233 e.